The molecule has 0 aromatic heterocycles. The molecule has 2 fully saturated rings. The minimum atomic E-state index is -5.08. The fourth-order valence-electron chi connectivity index (χ4n) is 3.97. The van der Waals surface area contributed by atoms with Crippen LogP contribution in [-0.4, -0.2) is 64.6 Å². The van der Waals surface area contributed by atoms with Crippen molar-refractivity contribution < 1.29 is 37.7 Å². The lowest BCUT2D eigenvalue weighted by molar-refractivity contribution is -0.192. The number of carboxylic acid groups (broad SMARTS) is 1. The number of hydrogen-bond donors (Lipinski definition) is 3. The maximum Gasteiger partial charge on any atom is 0.490 e. The van der Waals surface area contributed by atoms with Crippen LogP contribution in [0.15, 0.2) is 30.3 Å². The van der Waals surface area contributed by atoms with Crippen molar-refractivity contribution in [1.82, 2.24) is 10.2 Å². The predicted molar refractivity (Wildman–Crippen MR) is 106 cm³/mol. The molecule has 3 N–H and O–H groups in total. The standard InChI is InChI=1S/C19H28N2O3.C2HF3O2/c1-18(2,23)14-19(15-7-4-3-5-8-15)10-12-21(17(22)24-19)16-9-6-11-20-13-16;3-2(4,5)1(6)7/h3-5,7-8,16,20,23H,6,9-14H2,1-2H3;(H,6,7)/t16-,19-;/m0./s1. The van der Waals surface area contributed by atoms with Crippen LogP contribution >= 0.6 is 0 Å². The molecule has 2 aliphatic heterocycles. The van der Waals surface area contributed by atoms with Gasteiger partial charge in [-0.15, -0.1) is 0 Å². The third-order valence-electron chi connectivity index (χ3n) is 5.25. The Bertz CT molecular complexity index is 746. The van der Waals surface area contributed by atoms with Gasteiger partial charge in [0.05, 0.1) is 5.60 Å². The predicted octanol–water partition coefficient (Wildman–Crippen LogP) is 3.27. The Kier molecular flexibility index (Phi) is 7.93. The summed E-state index contributed by atoms with van der Waals surface area (Å²) >= 11 is 0. The van der Waals surface area contributed by atoms with E-state index in [4.69, 9.17) is 14.6 Å². The van der Waals surface area contributed by atoms with Crippen molar-refractivity contribution in [3.05, 3.63) is 35.9 Å². The Morgan fingerprint density at radius 3 is 2.35 bits per heavy atom. The Balaban J connectivity index is 0.000000423. The number of halogens is 3. The monoisotopic (exact) mass is 446 g/mol. The van der Waals surface area contributed by atoms with Crippen LogP contribution in [0.4, 0.5) is 18.0 Å². The number of aliphatic carboxylic acids is 1. The molecule has 7 nitrogen and oxygen atoms in total. The Morgan fingerprint density at radius 2 is 1.90 bits per heavy atom. The number of rotatable bonds is 4. The summed E-state index contributed by atoms with van der Waals surface area (Å²) in [4.78, 5) is 23.5. The van der Waals surface area contributed by atoms with Crippen molar-refractivity contribution in [2.24, 2.45) is 0 Å². The van der Waals surface area contributed by atoms with Crippen molar-refractivity contribution in [2.75, 3.05) is 19.6 Å². The molecule has 2 aliphatic rings. The van der Waals surface area contributed by atoms with E-state index >= 15 is 0 Å². The van der Waals surface area contributed by atoms with Gasteiger partial charge in [-0.3, -0.25) is 0 Å². The zero-order valence-electron chi connectivity index (χ0n) is 17.6. The fraction of sp³-hybridized carbons (Fsp3) is 0.619. The topological polar surface area (TPSA) is 99.1 Å². The molecule has 1 aromatic rings. The van der Waals surface area contributed by atoms with Crippen LogP contribution in [0.5, 0.6) is 0 Å². The zero-order chi connectivity index (χ0) is 23.3. The summed E-state index contributed by atoms with van der Waals surface area (Å²) in [6.07, 6.45) is -2.15. The summed E-state index contributed by atoms with van der Waals surface area (Å²) in [6, 6.07) is 10.0. The SMILES string of the molecule is CC(C)(O)C[C@]1(c2ccccc2)CCN([C@H]2CCCNC2)C(=O)O1.O=C(O)C(F)(F)F. The van der Waals surface area contributed by atoms with Crippen LogP contribution < -0.4 is 5.32 Å². The van der Waals surface area contributed by atoms with Crippen molar-refractivity contribution in [1.29, 1.82) is 0 Å². The minimum Gasteiger partial charge on any atom is -0.475 e. The van der Waals surface area contributed by atoms with Crippen LogP contribution in [-0.2, 0) is 15.1 Å². The normalized spacial score (nSPS) is 24.6. The number of alkyl halides is 3. The van der Waals surface area contributed by atoms with Gasteiger partial charge in [0.1, 0.15) is 5.60 Å². The van der Waals surface area contributed by atoms with Gasteiger partial charge in [0, 0.05) is 32.0 Å². The number of ether oxygens (including phenoxy) is 1. The molecule has 174 valence electrons. The van der Waals surface area contributed by atoms with Gasteiger partial charge in [0.15, 0.2) is 0 Å². The summed E-state index contributed by atoms with van der Waals surface area (Å²) in [5, 5.41) is 20.9. The van der Waals surface area contributed by atoms with Crippen molar-refractivity contribution in [2.45, 2.75) is 63.0 Å². The molecule has 31 heavy (non-hydrogen) atoms. The highest BCUT2D eigenvalue weighted by Gasteiger charge is 2.46. The molecule has 0 aliphatic carbocycles. The first-order valence-corrected chi connectivity index (χ1v) is 10.1. The lowest BCUT2D eigenvalue weighted by Crippen LogP contribution is -2.56. The average molecular weight is 446 g/mol. The summed E-state index contributed by atoms with van der Waals surface area (Å²) in [5.74, 6) is -2.76. The number of nitrogens with one attached hydrogen (secondary N) is 1. The third kappa shape index (κ3) is 7.10. The van der Waals surface area contributed by atoms with Crippen LogP contribution in [0.3, 0.4) is 0 Å². The van der Waals surface area contributed by atoms with Gasteiger partial charge >= 0.3 is 18.2 Å². The number of piperidine rings is 1. The van der Waals surface area contributed by atoms with Crippen LogP contribution in [0.25, 0.3) is 0 Å². The molecule has 0 bridgehead atoms. The number of nitrogens with zero attached hydrogens (tertiary/aromatic N) is 1. The molecule has 3 rings (SSSR count). The van der Waals surface area contributed by atoms with E-state index in [1.807, 2.05) is 35.2 Å². The number of aliphatic hydroxyl groups is 1. The second-order valence-corrected chi connectivity index (χ2v) is 8.46. The molecule has 1 aromatic carbocycles. The largest absolute Gasteiger partial charge is 0.490 e. The first kappa shape index (κ1) is 24.9. The third-order valence-corrected chi connectivity index (χ3v) is 5.25. The lowest BCUT2D eigenvalue weighted by Gasteiger charge is -2.46. The van der Waals surface area contributed by atoms with Gasteiger partial charge in [0.2, 0.25) is 0 Å². The number of hydrogen-bond acceptors (Lipinski definition) is 5. The molecule has 0 saturated carbocycles. The van der Waals surface area contributed by atoms with Gasteiger partial charge in [0.25, 0.3) is 0 Å². The summed E-state index contributed by atoms with van der Waals surface area (Å²) in [5.41, 5.74) is -0.707. The highest BCUT2D eigenvalue weighted by molar-refractivity contribution is 5.73. The van der Waals surface area contributed by atoms with Crippen molar-refractivity contribution in [3.63, 3.8) is 0 Å². The number of carbonyl (C=O) groups is 2. The smallest absolute Gasteiger partial charge is 0.475 e. The van der Waals surface area contributed by atoms with E-state index in [0.717, 1.165) is 31.5 Å². The highest BCUT2D eigenvalue weighted by atomic mass is 19.4. The van der Waals surface area contributed by atoms with E-state index in [1.54, 1.807) is 13.8 Å². The first-order valence-electron chi connectivity index (χ1n) is 10.1. The lowest BCUT2D eigenvalue weighted by atomic mass is 9.80. The summed E-state index contributed by atoms with van der Waals surface area (Å²) in [7, 11) is 0. The zero-order valence-corrected chi connectivity index (χ0v) is 17.6. The second-order valence-electron chi connectivity index (χ2n) is 8.46. The van der Waals surface area contributed by atoms with E-state index in [9.17, 15) is 23.1 Å². The van der Waals surface area contributed by atoms with Crippen molar-refractivity contribution in [3.8, 4) is 0 Å². The quantitative estimate of drug-likeness (QED) is 0.657. The fourth-order valence-corrected chi connectivity index (χ4v) is 3.97. The van der Waals surface area contributed by atoms with E-state index < -0.39 is 23.3 Å². The number of cyclic esters (lactones) is 1. The second kappa shape index (κ2) is 9.86. The molecule has 0 unspecified atom stereocenters. The van der Waals surface area contributed by atoms with Crippen LogP contribution in [0, 0.1) is 0 Å². The van der Waals surface area contributed by atoms with E-state index in [0.29, 0.717) is 19.4 Å². The molecule has 0 spiro atoms. The van der Waals surface area contributed by atoms with Crippen molar-refractivity contribution >= 4 is 12.1 Å². The van der Waals surface area contributed by atoms with E-state index in [2.05, 4.69) is 5.32 Å². The first-order chi connectivity index (χ1) is 14.3. The molecule has 0 radical (unpaired) electrons. The average Bonchev–Trinajstić information content (AvgIpc) is 2.68. The maximum absolute atomic E-state index is 12.8. The van der Waals surface area contributed by atoms with E-state index in [1.165, 1.54) is 0 Å². The number of carboxylic acids is 1. The molecule has 1 amide bonds. The van der Waals surface area contributed by atoms with Gasteiger partial charge in [-0.05, 0) is 38.8 Å². The molecule has 2 saturated heterocycles. The number of amides is 1. The number of benzene rings is 1. The summed E-state index contributed by atoms with van der Waals surface area (Å²) in [6.45, 7) is 6.05. The van der Waals surface area contributed by atoms with Gasteiger partial charge in [-0.25, -0.2) is 9.59 Å². The van der Waals surface area contributed by atoms with Crippen LogP contribution in [0.1, 0.15) is 45.1 Å². The van der Waals surface area contributed by atoms with E-state index in [-0.39, 0.29) is 12.1 Å². The number of carbonyl (C=O) groups excluding carboxylic acids is 1. The van der Waals surface area contributed by atoms with Gasteiger partial charge < -0.3 is 25.2 Å². The Labute approximate surface area is 179 Å². The Hall–Kier alpha value is -2.33. The minimum absolute atomic E-state index is 0.210. The van der Waals surface area contributed by atoms with Gasteiger partial charge in [-0.2, -0.15) is 13.2 Å². The van der Waals surface area contributed by atoms with Crippen LogP contribution in [0.2, 0.25) is 0 Å². The summed E-state index contributed by atoms with van der Waals surface area (Å²) < 4.78 is 37.7. The maximum atomic E-state index is 12.8. The molecular formula is C21H29F3N2O5. The molecule has 2 heterocycles. The van der Waals surface area contributed by atoms with Gasteiger partial charge in [-0.1, -0.05) is 30.3 Å². The molecular weight excluding hydrogens is 417 g/mol. The Morgan fingerprint density at radius 1 is 1.29 bits per heavy atom. The highest BCUT2D eigenvalue weighted by Crippen LogP contribution is 2.41. The molecule has 10 heteroatoms. The molecule has 2 atom stereocenters.